The Labute approximate surface area is 111 Å². The summed E-state index contributed by atoms with van der Waals surface area (Å²) in [6.45, 7) is 1.00. The van der Waals surface area contributed by atoms with E-state index in [0.717, 1.165) is 31.0 Å². The lowest BCUT2D eigenvalue weighted by Crippen LogP contribution is -2.08. The van der Waals surface area contributed by atoms with Crippen LogP contribution in [0.2, 0.25) is 0 Å². The number of oxazole rings is 1. The molecule has 2 aromatic rings. The van der Waals surface area contributed by atoms with Gasteiger partial charge in [0.25, 0.3) is 0 Å². The Morgan fingerprint density at radius 3 is 3.22 bits per heavy atom. The summed E-state index contributed by atoms with van der Waals surface area (Å²) in [4.78, 5) is 7.14. The zero-order valence-electron chi connectivity index (χ0n) is 10.7. The first-order valence-electron chi connectivity index (χ1n) is 6.58. The summed E-state index contributed by atoms with van der Waals surface area (Å²) in [5.74, 6) is 1.79. The normalized spacial score (nSPS) is 14.1. The zero-order chi connectivity index (χ0) is 12.4. The van der Waals surface area contributed by atoms with Gasteiger partial charge >= 0.3 is 0 Å². The molecule has 0 spiro atoms. The molecule has 3 nitrogen and oxygen atoms in total. The lowest BCUT2D eigenvalue weighted by molar-refractivity contribution is 0.496. The molecule has 2 aromatic heterocycles. The Morgan fingerprint density at radius 1 is 1.44 bits per heavy atom. The fourth-order valence-corrected chi connectivity index (χ4v) is 3.61. The van der Waals surface area contributed by atoms with Crippen molar-refractivity contribution in [3.63, 3.8) is 0 Å². The quantitative estimate of drug-likeness (QED) is 0.842. The van der Waals surface area contributed by atoms with Crippen molar-refractivity contribution in [3.8, 4) is 10.6 Å². The number of aryl methyl sites for hydroxylation is 3. The molecular weight excluding hydrogens is 244 g/mol. The van der Waals surface area contributed by atoms with E-state index in [9.17, 15) is 0 Å². The molecule has 0 aromatic carbocycles. The number of nitrogens with one attached hydrogen (secondary N) is 1. The Bertz CT molecular complexity index is 508. The molecule has 96 valence electrons. The number of aromatic nitrogens is 1. The van der Waals surface area contributed by atoms with E-state index in [1.165, 1.54) is 34.6 Å². The molecule has 0 aliphatic heterocycles. The van der Waals surface area contributed by atoms with Gasteiger partial charge in [0.2, 0.25) is 0 Å². The van der Waals surface area contributed by atoms with Crippen LogP contribution in [0.25, 0.3) is 10.6 Å². The van der Waals surface area contributed by atoms with E-state index in [-0.39, 0.29) is 0 Å². The molecule has 0 amide bonds. The van der Waals surface area contributed by atoms with Crippen LogP contribution < -0.4 is 5.32 Å². The number of hydrogen-bond donors (Lipinski definition) is 1. The van der Waals surface area contributed by atoms with Crippen LogP contribution in [-0.2, 0) is 19.3 Å². The molecule has 18 heavy (non-hydrogen) atoms. The van der Waals surface area contributed by atoms with E-state index in [4.69, 9.17) is 4.42 Å². The highest BCUT2D eigenvalue weighted by atomic mass is 32.1. The molecule has 0 atom stereocenters. The molecule has 0 radical (unpaired) electrons. The molecule has 0 fully saturated rings. The van der Waals surface area contributed by atoms with Crippen molar-refractivity contribution < 1.29 is 4.42 Å². The minimum absolute atomic E-state index is 0.855. The van der Waals surface area contributed by atoms with Gasteiger partial charge in [-0.2, -0.15) is 0 Å². The SMILES string of the molecule is CNCCCc1ncc(-c2cc3c(s2)CCC3)o1. The van der Waals surface area contributed by atoms with E-state index in [0.29, 0.717) is 0 Å². The van der Waals surface area contributed by atoms with Crippen LogP contribution in [0.5, 0.6) is 0 Å². The largest absolute Gasteiger partial charge is 0.440 e. The topological polar surface area (TPSA) is 38.1 Å². The minimum Gasteiger partial charge on any atom is -0.440 e. The Morgan fingerprint density at radius 2 is 2.39 bits per heavy atom. The molecule has 1 aliphatic rings. The molecule has 1 aliphatic carbocycles. The van der Waals surface area contributed by atoms with Crippen molar-refractivity contribution in [1.82, 2.24) is 10.3 Å². The predicted molar refractivity (Wildman–Crippen MR) is 74.1 cm³/mol. The van der Waals surface area contributed by atoms with Gasteiger partial charge in [0, 0.05) is 11.3 Å². The molecule has 0 saturated carbocycles. The number of nitrogens with zero attached hydrogens (tertiary/aromatic N) is 1. The van der Waals surface area contributed by atoms with Gasteiger partial charge in [-0.25, -0.2) is 4.98 Å². The molecule has 0 saturated heterocycles. The first-order chi connectivity index (χ1) is 8.86. The van der Waals surface area contributed by atoms with Crippen molar-refractivity contribution in [3.05, 3.63) is 28.6 Å². The third-order valence-corrected chi connectivity index (χ3v) is 4.61. The summed E-state index contributed by atoms with van der Waals surface area (Å²) in [5, 5.41) is 3.14. The second kappa shape index (κ2) is 5.24. The second-order valence-corrected chi connectivity index (χ2v) is 5.87. The van der Waals surface area contributed by atoms with E-state index < -0.39 is 0 Å². The highest BCUT2D eigenvalue weighted by Gasteiger charge is 2.17. The maximum absolute atomic E-state index is 5.82. The van der Waals surface area contributed by atoms with Crippen LogP contribution in [-0.4, -0.2) is 18.6 Å². The number of rotatable bonds is 5. The van der Waals surface area contributed by atoms with Gasteiger partial charge in [-0.05, 0) is 50.9 Å². The van der Waals surface area contributed by atoms with Gasteiger partial charge in [-0.15, -0.1) is 11.3 Å². The first kappa shape index (κ1) is 11.9. The number of hydrogen-bond acceptors (Lipinski definition) is 4. The van der Waals surface area contributed by atoms with E-state index in [2.05, 4.69) is 16.4 Å². The summed E-state index contributed by atoms with van der Waals surface area (Å²) < 4.78 is 5.82. The molecular formula is C14H18N2OS. The Balaban J connectivity index is 1.72. The number of fused-ring (bicyclic) bond motifs is 1. The van der Waals surface area contributed by atoms with Gasteiger partial charge < -0.3 is 9.73 Å². The Hall–Kier alpha value is -1.13. The van der Waals surface area contributed by atoms with E-state index in [1.54, 1.807) is 0 Å². The third-order valence-electron chi connectivity index (χ3n) is 3.36. The van der Waals surface area contributed by atoms with Crippen LogP contribution in [0.1, 0.15) is 29.2 Å². The molecule has 2 heterocycles. The standard InChI is InChI=1S/C14H18N2OS/c1-15-7-3-6-14-16-9-11(17-14)13-8-10-4-2-5-12(10)18-13/h8-9,15H,2-7H2,1H3. The van der Waals surface area contributed by atoms with Crippen LogP contribution in [0.15, 0.2) is 16.7 Å². The molecule has 0 unspecified atom stereocenters. The average molecular weight is 262 g/mol. The summed E-state index contributed by atoms with van der Waals surface area (Å²) in [6, 6.07) is 2.28. The average Bonchev–Trinajstić information content (AvgIpc) is 3.02. The van der Waals surface area contributed by atoms with Gasteiger partial charge in [0.05, 0.1) is 11.1 Å². The molecule has 0 bridgehead atoms. The lowest BCUT2D eigenvalue weighted by Gasteiger charge is -1.95. The van der Waals surface area contributed by atoms with Crippen molar-refractivity contribution in [2.45, 2.75) is 32.1 Å². The second-order valence-electron chi connectivity index (χ2n) is 4.74. The van der Waals surface area contributed by atoms with Gasteiger partial charge in [0.15, 0.2) is 11.7 Å². The summed E-state index contributed by atoms with van der Waals surface area (Å²) >= 11 is 1.87. The van der Waals surface area contributed by atoms with Crippen LogP contribution in [0, 0.1) is 0 Å². The highest BCUT2D eigenvalue weighted by Crippen LogP contribution is 2.36. The van der Waals surface area contributed by atoms with Crippen LogP contribution in [0.3, 0.4) is 0 Å². The zero-order valence-corrected chi connectivity index (χ0v) is 11.5. The van der Waals surface area contributed by atoms with Crippen molar-refractivity contribution in [2.24, 2.45) is 0 Å². The summed E-state index contributed by atoms with van der Waals surface area (Å²) in [6.07, 6.45) is 7.63. The lowest BCUT2D eigenvalue weighted by atomic mass is 10.2. The predicted octanol–water partition coefficient (Wildman–Crippen LogP) is 3.04. The van der Waals surface area contributed by atoms with Gasteiger partial charge in [-0.3, -0.25) is 0 Å². The molecule has 4 heteroatoms. The smallest absolute Gasteiger partial charge is 0.194 e. The maximum atomic E-state index is 5.82. The fraction of sp³-hybridized carbons (Fsp3) is 0.500. The minimum atomic E-state index is 0.855. The van der Waals surface area contributed by atoms with Crippen LogP contribution in [0.4, 0.5) is 0 Å². The Kier molecular flexibility index (Phi) is 3.48. The van der Waals surface area contributed by atoms with E-state index >= 15 is 0 Å². The van der Waals surface area contributed by atoms with Gasteiger partial charge in [-0.1, -0.05) is 0 Å². The van der Waals surface area contributed by atoms with Crippen LogP contribution >= 0.6 is 11.3 Å². The van der Waals surface area contributed by atoms with E-state index in [1.807, 2.05) is 24.6 Å². The highest BCUT2D eigenvalue weighted by molar-refractivity contribution is 7.15. The van der Waals surface area contributed by atoms with Crippen molar-refractivity contribution in [1.29, 1.82) is 0 Å². The first-order valence-corrected chi connectivity index (χ1v) is 7.40. The third kappa shape index (κ3) is 2.35. The molecule has 1 N–H and O–H groups in total. The number of thiophene rings is 1. The molecule has 3 rings (SSSR count). The summed E-state index contributed by atoms with van der Waals surface area (Å²) in [5.41, 5.74) is 1.52. The van der Waals surface area contributed by atoms with Crippen molar-refractivity contribution in [2.75, 3.05) is 13.6 Å². The summed E-state index contributed by atoms with van der Waals surface area (Å²) in [7, 11) is 1.97. The monoisotopic (exact) mass is 262 g/mol. The fourth-order valence-electron chi connectivity index (χ4n) is 2.41. The maximum Gasteiger partial charge on any atom is 0.194 e. The van der Waals surface area contributed by atoms with Crippen molar-refractivity contribution >= 4 is 11.3 Å². The van der Waals surface area contributed by atoms with Gasteiger partial charge in [0.1, 0.15) is 0 Å².